The Labute approximate surface area is 157 Å². The molecule has 1 aromatic heterocycles. The molecule has 0 unspecified atom stereocenters. The van der Waals surface area contributed by atoms with Gasteiger partial charge in [-0.05, 0) is 30.3 Å². The van der Waals surface area contributed by atoms with E-state index < -0.39 is 10.8 Å². The molecule has 26 heavy (non-hydrogen) atoms. The van der Waals surface area contributed by atoms with Crippen molar-refractivity contribution in [3.8, 4) is 17.0 Å². The highest BCUT2D eigenvalue weighted by Crippen LogP contribution is 2.31. The van der Waals surface area contributed by atoms with Gasteiger partial charge in [0.05, 0.1) is 22.7 Å². The molecule has 1 heterocycles. The van der Waals surface area contributed by atoms with Crippen LogP contribution in [-0.4, -0.2) is 22.9 Å². The number of aromatic nitrogens is 1. The highest BCUT2D eigenvalue weighted by molar-refractivity contribution is 7.14. The molecule has 132 valence electrons. The molecule has 7 nitrogen and oxygen atoms in total. The maximum absolute atomic E-state index is 12.2. The number of methoxy groups -OCH3 is 1. The van der Waals surface area contributed by atoms with Crippen molar-refractivity contribution < 1.29 is 14.5 Å². The van der Waals surface area contributed by atoms with Gasteiger partial charge in [0.1, 0.15) is 5.75 Å². The molecular weight excluding hydrogens is 378 g/mol. The second kappa shape index (κ2) is 7.51. The highest BCUT2D eigenvalue weighted by atomic mass is 35.5. The van der Waals surface area contributed by atoms with Crippen LogP contribution in [0.15, 0.2) is 47.8 Å². The van der Waals surface area contributed by atoms with Gasteiger partial charge in [-0.1, -0.05) is 11.6 Å². The first-order valence-corrected chi connectivity index (χ1v) is 8.59. The summed E-state index contributed by atoms with van der Waals surface area (Å²) in [6, 6.07) is 10.6. The zero-order valence-corrected chi connectivity index (χ0v) is 15.0. The first-order chi connectivity index (χ1) is 12.5. The van der Waals surface area contributed by atoms with Gasteiger partial charge >= 0.3 is 0 Å². The Morgan fingerprint density at radius 3 is 2.62 bits per heavy atom. The summed E-state index contributed by atoms with van der Waals surface area (Å²) in [6.45, 7) is 0. The lowest BCUT2D eigenvalue weighted by Crippen LogP contribution is -2.11. The molecule has 0 saturated heterocycles. The molecule has 0 spiro atoms. The van der Waals surface area contributed by atoms with Gasteiger partial charge < -0.3 is 4.74 Å². The van der Waals surface area contributed by atoms with Crippen molar-refractivity contribution in [3.05, 3.63) is 68.5 Å². The van der Waals surface area contributed by atoms with Crippen LogP contribution in [0.1, 0.15) is 10.4 Å². The predicted molar refractivity (Wildman–Crippen MR) is 100 cm³/mol. The van der Waals surface area contributed by atoms with Crippen molar-refractivity contribution in [3.63, 3.8) is 0 Å². The van der Waals surface area contributed by atoms with E-state index in [2.05, 4.69) is 10.3 Å². The molecule has 0 atom stereocenters. The van der Waals surface area contributed by atoms with Gasteiger partial charge in [-0.15, -0.1) is 11.3 Å². The van der Waals surface area contributed by atoms with Gasteiger partial charge in [-0.25, -0.2) is 4.98 Å². The summed E-state index contributed by atoms with van der Waals surface area (Å²) in [5, 5.41) is 16.0. The second-order valence-electron chi connectivity index (χ2n) is 5.15. The smallest absolute Gasteiger partial charge is 0.269 e. The minimum absolute atomic E-state index is 0.0746. The Balaban J connectivity index is 1.74. The molecule has 1 amide bonds. The van der Waals surface area contributed by atoms with Crippen LogP contribution in [0.3, 0.4) is 0 Å². The molecule has 2 aromatic carbocycles. The summed E-state index contributed by atoms with van der Waals surface area (Å²) in [4.78, 5) is 26.7. The number of nitrogens with zero attached hydrogens (tertiary/aromatic N) is 2. The number of anilines is 1. The summed E-state index contributed by atoms with van der Waals surface area (Å²) in [7, 11) is 1.54. The Morgan fingerprint density at radius 2 is 2.00 bits per heavy atom. The summed E-state index contributed by atoms with van der Waals surface area (Å²) in [6.07, 6.45) is 0. The monoisotopic (exact) mass is 389 g/mol. The van der Waals surface area contributed by atoms with Gasteiger partial charge in [-0.2, -0.15) is 0 Å². The zero-order chi connectivity index (χ0) is 18.7. The van der Waals surface area contributed by atoms with Crippen LogP contribution < -0.4 is 10.1 Å². The van der Waals surface area contributed by atoms with Gasteiger partial charge in [0.15, 0.2) is 5.13 Å². The Hall–Kier alpha value is -2.97. The third-order valence-electron chi connectivity index (χ3n) is 3.51. The van der Waals surface area contributed by atoms with Crippen molar-refractivity contribution in [2.75, 3.05) is 12.4 Å². The Morgan fingerprint density at radius 1 is 1.27 bits per heavy atom. The van der Waals surface area contributed by atoms with Gasteiger partial charge in [0.25, 0.3) is 11.6 Å². The largest absolute Gasteiger partial charge is 0.495 e. The van der Waals surface area contributed by atoms with Crippen LogP contribution in [0, 0.1) is 10.1 Å². The van der Waals surface area contributed by atoms with Crippen molar-refractivity contribution in [1.82, 2.24) is 4.98 Å². The minimum atomic E-state index is -0.519. The molecule has 0 aliphatic carbocycles. The maximum atomic E-state index is 12.2. The maximum Gasteiger partial charge on any atom is 0.269 e. The van der Waals surface area contributed by atoms with Crippen molar-refractivity contribution in [2.24, 2.45) is 0 Å². The number of ether oxygens (including phenoxy) is 1. The van der Waals surface area contributed by atoms with Gasteiger partial charge in [0, 0.05) is 28.6 Å². The number of amides is 1. The molecule has 3 aromatic rings. The van der Waals surface area contributed by atoms with Crippen LogP contribution in [0.2, 0.25) is 5.02 Å². The van der Waals surface area contributed by atoms with E-state index in [9.17, 15) is 14.9 Å². The van der Waals surface area contributed by atoms with Crippen molar-refractivity contribution in [1.29, 1.82) is 0 Å². The number of nitro groups is 1. The van der Waals surface area contributed by atoms with E-state index in [0.29, 0.717) is 27.2 Å². The molecule has 3 rings (SSSR count). The zero-order valence-electron chi connectivity index (χ0n) is 13.4. The number of non-ortho nitro benzene ring substituents is 1. The standard InChI is InChI=1S/C17H12ClN3O4S/c1-25-15-7-4-11(8-13(15)18)14-9-26-17(19-14)20-16(22)10-2-5-12(6-3-10)21(23)24/h2-9H,1H3,(H,19,20,22). The third-order valence-corrected chi connectivity index (χ3v) is 4.57. The lowest BCUT2D eigenvalue weighted by Gasteiger charge is -2.04. The van der Waals surface area contributed by atoms with E-state index in [4.69, 9.17) is 16.3 Å². The number of nitrogens with one attached hydrogen (secondary N) is 1. The predicted octanol–water partition coefficient (Wildman–Crippen LogP) is 4.63. The summed E-state index contributed by atoms with van der Waals surface area (Å²) < 4.78 is 5.12. The topological polar surface area (TPSA) is 94.4 Å². The first-order valence-electron chi connectivity index (χ1n) is 7.33. The fourth-order valence-corrected chi connectivity index (χ4v) is 3.17. The number of halogens is 1. The third kappa shape index (κ3) is 3.81. The van der Waals surface area contributed by atoms with Crippen LogP contribution in [0.4, 0.5) is 10.8 Å². The number of hydrogen-bond acceptors (Lipinski definition) is 6. The SMILES string of the molecule is COc1ccc(-c2csc(NC(=O)c3ccc([N+](=O)[O-])cc3)n2)cc1Cl. The molecule has 0 saturated carbocycles. The second-order valence-corrected chi connectivity index (χ2v) is 6.41. The average molecular weight is 390 g/mol. The van der Waals surface area contributed by atoms with Gasteiger partial charge in [0.2, 0.25) is 0 Å². The minimum Gasteiger partial charge on any atom is -0.495 e. The number of nitro benzene ring substituents is 1. The number of benzene rings is 2. The van der Waals surface area contributed by atoms with E-state index in [1.54, 1.807) is 17.5 Å². The normalized spacial score (nSPS) is 10.4. The number of hydrogen-bond donors (Lipinski definition) is 1. The number of rotatable bonds is 5. The van der Waals surface area contributed by atoms with E-state index in [1.807, 2.05) is 6.07 Å². The van der Waals surface area contributed by atoms with Crippen LogP contribution in [0.5, 0.6) is 5.75 Å². The molecular formula is C17H12ClN3O4S. The van der Waals surface area contributed by atoms with Gasteiger partial charge in [-0.3, -0.25) is 20.2 Å². The molecule has 9 heteroatoms. The lowest BCUT2D eigenvalue weighted by atomic mass is 10.2. The fourth-order valence-electron chi connectivity index (χ4n) is 2.19. The van der Waals surface area contributed by atoms with E-state index in [0.717, 1.165) is 5.56 Å². The molecule has 0 aliphatic heterocycles. The molecule has 0 radical (unpaired) electrons. The lowest BCUT2D eigenvalue weighted by molar-refractivity contribution is -0.384. The molecule has 0 bridgehead atoms. The summed E-state index contributed by atoms with van der Waals surface area (Å²) in [5.41, 5.74) is 1.69. The number of carbonyl (C=O) groups excluding carboxylic acids is 1. The average Bonchev–Trinajstić information content (AvgIpc) is 3.10. The Kier molecular flexibility index (Phi) is 5.15. The number of thiazole rings is 1. The van der Waals surface area contributed by atoms with Crippen LogP contribution >= 0.6 is 22.9 Å². The highest BCUT2D eigenvalue weighted by Gasteiger charge is 2.13. The van der Waals surface area contributed by atoms with E-state index in [-0.39, 0.29) is 5.69 Å². The number of carbonyl (C=O) groups is 1. The molecule has 0 aliphatic rings. The quantitative estimate of drug-likeness (QED) is 0.507. The molecule has 1 N–H and O–H groups in total. The van der Waals surface area contributed by atoms with Crippen molar-refractivity contribution >= 4 is 39.7 Å². The Bertz CT molecular complexity index is 972. The first kappa shape index (κ1) is 17.8. The van der Waals surface area contributed by atoms with Crippen LogP contribution in [0.25, 0.3) is 11.3 Å². The van der Waals surface area contributed by atoms with Crippen LogP contribution in [-0.2, 0) is 0 Å². The fraction of sp³-hybridized carbons (Fsp3) is 0.0588. The van der Waals surface area contributed by atoms with Crippen molar-refractivity contribution in [2.45, 2.75) is 0 Å². The molecule has 0 fully saturated rings. The summed E-state index contributed by atoms with van der Waals surface area (Å²) >= 11 is 7.38. The van der Waals surface area contributed by atoms with E-state index in [1.165, 1.54) is 42.7 Å². The summed E-state index contributed by atoms with van der Waals surface area (Å²) in [5.74, 6) is 0.172. The van der Waals surface area contributed by atoms with E-state index >= 15 is 0 Å².